The van der Waals surface area contributed by atoms with Crippen LogP contribution in [0.4, 0.5) is 5.13 Å². The fourth-order valence-corrected chi connectivity index (χ4v) is 3.75. The molecule has 3 aromatic rings. The second-order valence-electron chi connectivity index (χ2n) is 6.00. The van der Waals surface area contributed by atoms with Gasteiger partial charge in [0.05, 0.1) is 12.1 Å². The van der Waals surface area contributed by atoms with Crippen LogP contribution in [0.25, 0.3) is 0 Å². The third kappa shape index (κ3) is 5.48. The summed E-state index contributed by atoms with van der Waals surface area (Å²) in [6.07, 6.45) is 2.53. The van der Waals surface area contributed by atoms with Crippen LogP contribution in [0.5, 0.6) is 0 Å². The van der Waals surface area contributed by atoms with Gasteiger partial charge in [-0.15, -0.1) is 11.3 Å². The van der Waals surface area contributed by atoms with Gasteiger partial charge in [-0.1, -0.05) is 42.0 Å². The Kier molecular flexibility index (Phi) is 6.36. The van der Waals surface area contributed by atoms with Gasteiger partial charge in [-0.25, -0.2) is 4.98 Å². The molecule has 138 valence electrons. The van der Waals surface area contributed by atoms with E-state index in [-0.39, 0.29) is 18.4 Å². The molecule has 0 spiro atoms. The molecular formula is C20H18BrN3O2S. The first-order chi connectivity index (χ1) is 13.0. The zero-order chi connectivity index (χ0) is 19.2. The Morgan fingerprint density at radius 1 is 1.11 bits per heavy atom. The van der Waals surface area contributed by atoms with E-state index in [1.54, 1.807) is 24.4 Å². The Morgan fingerprint density at radius 3 is 2.59 bits per heavy atom. The fraction of sp³-hybridized carbons (Fsp3) is 0.150. The summed E-state index contributed by atoms with van der Waals surface area (Å²) in [5.41, 5.74) is 2.91. The third-order valence-electron chi connectivity index (χ3n) is 3.83. The largest absolute Gasteiger partial charge is 0.343 e. The van der Waals surface area contributed by atoms with Crippen LogP contribution in [-0.2, 0) is 11.2 Å². The maximum absolute atomic E-state index is 12.1. The van der Waals surface area contributed by atoms with Gasteiger partial charge in [-0.2, -0.15) is 0 Å². The number of hydrogen-bond donors (Lipinski definition) is 2. The van der Waals surface area contributed by atoms with Crippen molar-refractivity contribution in [2.45, 2.75) is 13.3 Å². The van der Waals surface area contributed by atoms with Gasteiger partial charge in [-0.05, 0) is 40.5 Å². The molecular weight excluding hydrogens is 426 g/mol. The molecule has 0 atom stereocenters. The first kappa shape index (κ1) is 19.3. The number of amides is 2. The zero-order valence-corrected chi connectivity index (χ0v) is 17.1. The molecule has 1 heterocycles. The Labute approximate surface area is 170 Å². The molecule has 0 saturated heterocycles. The van der Waals surface area contributed by atoms with E-state index in [9.17, 15) is 9.59 Å². The molecule has 0 aliphatic rings. The maximum Gasteiger partial charge on any atom is 0.252 e. The van der Waals surface area contributed by atoms with Crippen LogP contribution in [0.1, 0.15) is 26.4 Å². The van der Waals surface area contributed by atoms with Crippen LogP contribution in [0.15, 0.2) is 59.2 Å². The molecule has 27 heavy (non-hydrogen) atoms. The van der Waals surface area contributed by atoms with Crippen molar-refractivity contribution in [3.8, 4) is 0 Å². The van der Waals surface area contributed by atoms with Crippen LogP contribution in [-0.4, -0.2) is 23.3 Å². The average Bonchev–Trinajstić information content (AvgIpc) is 3.09. The number of carbonyl (C=O) groups is 2. The number of thiazole rings is 1. The van der Waals surface area contributed by atoms with Crippen LogP contribution in [0.2, 0.25) is 0 Å². The summed E-state index contributed by atoms with van der Waals surface area (Å²) in [4.78, 5) is 29.5. The number of rotatable bonds is 6. The van der Waals surface area contributed by atoms with Crippen molar-refractivity contribution < 1.29 is 9.59 Å². The van der Waals surface area contributed by atoms with Crippen molar-refractivity contribution in [2.75, 3.05) is 11.9 Å². The van der Waals surface area contributed by atoms with E-state index < -0.39 is 0 Å². The third-order valence-corrected chi connectivity index (χ3v) is 5.43. The van der Waals surface area contributed by atoms with Crippen LogP contribution in [0, 0.1) is 6.92 Å². The predicted octanol–water partition coefficient (Wildman–Crippen LogP) is 4.17. The maximum atomic E-state index is 12.1. The molecule has 0 bridgehead atoms. The summed E-state index contributed by atoms with van der Waals surface area (Å²) in [7, 11) is 0. The van der Waals surface area contributed by atoms with Gasteiger partial charge in [0.15, 0.2) is 5.13 Å². The van der Waals surface area contributed by atoms with Crippen molar-refractivity contribution in [1.29, 1.82) is 0 Å². The number of nitrogens with zero attached hydrogens (tertiary/aromatic N) is 1. The standard InChI is InChI=1S/C20H18BrN3O2S/c1-13-6-8-14(9-7-13)10-15-11-23-20(27-15)24-18(25)12-22-19(26)16-4-2-3-5-17(16)21/h2-9,11H,10,12H2,1H3,(H,22,26)(H,23,24,25). The number of benzene rings is 2. The van der Waals surface area contributed by atoms with E-state index in [0.717, 1.165) is 11.3 Å². The number of halogens is 1. The topological polar surface area (TPSA) is 71.1 Å². The molecule has 7 heteroatoms. The number of aromatic nitrogens is 1. The highest BCUT2D eigenvalue weighted by Gasteiger charge is 2.12. The smallest absolute Gasteiger partial charge is 0.252 e. The average molecular weight is 444 g/mol. The molecule has 0 aliphatic heterocycles. The normalized spacial score (nSPS) is 10.4. The highest BCUT2D eigenvalue weighted by Crippen LogP contribution is 2.21. The lowest BCUT2D eigenvalue weighted by atomic mass is 10.1. The van der Waals surface area contributed by atoms with E-state index in [0.29, 0.717) is 15.2 Å². The number of nitrogens with one attached hydrogen (secondary N) is 2. The second kappa shape index (κ2) is 8.92. The minimum atomic E-state index is -0.313. The summed E-state index contributed by atoms with van der Waals surface area (Å²) in [6, 6.07) is 15.4. The predicted molar refractivity (Wildman–Crippen MR) is 111 cm³/mol. The van der Waals surface area contributed by atoms with Crippen molar-refractivity contribution in [2.24, 2.45) is 0 Å². The van der Waals surface area contributed by atoms with Crippen LogP contribution < -0.4 is 10.6 Å². The Morgan fingerprint density at radius 2 is 1.85 bits per heavy atom. The summed E-state index contributed by atoms with van der Waals surface area (Å²) in [5, 5.41) is 5.85. The second-order valence-corrected chi connectivity index (χ2v) is 7.97. The molecule has 5 nitrogen and oxygen atoms in total. The Balaban J connectivity index is 1.51. The number of aryl methyl sites for hydroxylation is 1. The van der Waals surface area contributed by atoms with Crippen molar-refractivity contribution in [1.82, 2.24) is 10.3 Å². The van der Waals surface area contributed by atoms with Gasteiger partial charge in [-0.3, -0.25) is 9.59 Å². The molecule has 0 saturated carbocycles. The van der Waals surface area contributed by atoms with E-state index in [1.165, 1.54) is 22.5 Å². The van der Waals surface area contributed by atoms with Crippen LogP contribution >= 0.6 is 27.3 Å². The van der Waals surface area contributed by atoms with E-state index in [4.69, 9.17) is 0 Å². The molecule has 0 aliphatic carbocycles. The van der Waals surface area contributed by atoms with Gasteiger partial charge in [0.25, 0.3) is 5.91 Å². The lowest BCUT2D eigenvalue weighted by Crippen LogP contribution is -2.33. The molecule has 2 N–H and O–H groups in total. The summed E-state index contributed by atoms with van der Waals surface area (Å²) in [6.45, 7) is 1.94. The molecule has 2 aromatic carbocycles. The van der Waals surface area contributed by atoms with Crippen LogP contribution in [0.3, 0.4) is 0 Å². The first-order valence-corrected chi connectivity index (χ1v) is 9.95. The highest BCUT2D eigenvalue weighted by molar-refractivity contribution is 9.10. The Hall–Kier alpha value is -2.51. The minimum Gasteiger partial charge on any atom is -0.343 e. The summed E-state index contributed by atoms with van der Waals surface area (Å²) >= 11 is 4.75. The molecule has 0 unspecified atom stereocenters. The SMILES string of the molecule is Cc1ccc(Cc2cnc(NC(=O)CNC(=O)c3ccccc3Br)s2)cc1. The van der Waals surface area contributed by atoms with Gasteiger partial charge >= 0.3 is 0 Å². The molecule has 2 amide bonds. The van der Waals surface area contributed by atoms with E-state index in [2.05, 4.69) is 62.7 Å². The van der Waals surface area contributed by atoms with E-state index in [1.807, 2.05) is 6.07 Å². The number of anilines is 1. The number of hydrogen-bond acceptors (Lipinski definition) is 4. The summed E-state index contributed by atoms with van der Waals surface area (Å²) < 4.78 is 0.684. The fourth-order valence-electron chi connectivity index (χ4n) is 2.42. The molecule has 0 fully saturated rings. The monoisotopic (exact) mass is 443 g/mol. The van der Waals surface area contributed by atoms with Gasteiger partial charge in [0.2, 0.25) is 5.91 Å². The van der Waals surface area contributed by atoms with Crippen molar-refractivity contribution in [3.05, 3.63) is 80.8 Å². The van der Waals surface area contributed by atoms with Gasteiger partial charge < -0.3 is 10.6 Å². The van der Waals surface area contributed by atoms with Gasteiger partial charge in [0.1, 0.15) is 0 Å². The highest BCUT2D eigenvalue weighted by atomic mass is 79.9. The lowest BCUT2D eigenvalue weighted by Gasteiger charge is -2.06. The lowest BCUT2D eigenvalue weighted by molar-refractivity contribution is -0.115. The van der Waals surface area contributed by atoms with Crippen molar-refractivity contribution >= 4 is 44.2 Å². The molecule has 1 aromatic heterocycles. The van der Waals surface area contributed by atoms with Crippen molar-refractivity contribution in [3.63, 3.8) is 0 Å². The first-order valence-electron chi connectivity index (χ1n) is 8.34. The molecule has 3 rings (SSSR count). The Bertz CT molecular complexity index is 954. The van der Waals surface area contributed by atoms with E-state index >= 15 is 0 Å². The number of carbonyl (C=O) groups excluding carboxylic acids is 2. The minimum absolute atomic E-state index is 0.118. The quantitative estimate of drug-likeness (QED) is 0.600. The summed E-state index contributed by atoms with van der Waals surface area (Å²) in [5.74, 6) is -0.622. The zero-order valence-electron chi connectivity index (χ0n) is 14.7. The molecule has 0 radical (unpaired) electrons. The van der Waals surface area contributed by atoms with Gasteiger partial charge in [0, 0.05) is 22.0 Å².